The van der Waals surface area contributed by atoms with Crippen LogP contribution < -0.4 is 5.32 Å². The van der Waals surface area contributed by atoms with Crippen LogP contribution in [0.15, 0.2) is 0 Å². The van der Waals surface area contributed by atoms with Gasteiger partial charge < -0.3 is 20.0 Å². The van der Waals surface area contributed by atoms with Crippen molar-refractivity contribution in [3.8, 4) is 0 Å². The molecule has 1 unspecified atom stereocenters. The van der Waals surface area contributed by atoms with Crippen LogP contribution in [0.2, 0.25) is 0 Å². The third-order valence-corrected chi connectivity index (χ3v) is 4.37. The molecule has 2 heterocycles. The largest absolute Gasteiger partial charge is 0.336 e. The number of hydrogen-bond donors (Lipinski definition) is 1. The van der Waals surface area contributed by atoms with Crippen LogP contribution in [0.3, 0.4) is 0 Å². The van der Waals surface area contributed by atoms with Crippen LogP contribution >= 0.6 is 0 Å². The Bertz CT molecular complexity index is 397. The van der Waals surface area contributed by atoms with Gasteiger partial charge in [0.2, 0.25) is 5.91 Å². The summed E-state index contributed by atoms with van der Waals surface area (Å²) in [5, 5.41) is 3.02. The van der Waals surface area contributed by atoms with Gasteiger partial charge in [-0.3, -0.25) is 4.79 Å². The predicted molar refractivity (Wildman–Crippen MR) is 82.1 cm³/mol. The molecular formula is C15H28N4O2. The number of likely N-dealkylation sites (N-methyl/N-ethyl adjacent to an activating group) is 1. The lowest BCUT2D eigenvalue weighted by molar-refractivity contribution is -0.131. The van der Waals surface area contributed by atoms with Crippen molar-refractivity contribution < 1.29 is 9.59 Å². The van der Waals surface area contributed by atoms with E-state index in [1.807, 2.05) is 30.6 Å². The van der Waals surface area contributed by atoms with Gasteiger partial charge in [-0.2, -0.15) is 0 Å². The van der Waals surface area contributed by atoms with Gasteiger partial charge in [-0.1, -0.05) is 6.92 Å². The number of piperazine rings is 1. The summed E-state index contributed by atoms with van der Waals surface area (Å²) < 4.78 is 0. The Morgan fingerprint density at radius 3 is 2.33 bits per heavy atom. The lowest BCUT2D eigenvalue weighted by Gasteiger charge is -2.35. The van der Waals surface area contributed by atoms with Crippen LogP contribution in [0.5, 0.6) is 0 Å². The Labute approximate surface area is 127 Å². The predicted octanol–water partition coefficient (Wildman–Crippen LogP) is 0.733. The number of hydrogen-bond acceptors (Lipinski definition) is 3. The molecule has 0 bridgehead atoms. The molecule has 2 rings (SSSR count). The molecule has 1 N–H and O–H groups in total. The Morgan fingerprint density at radius 1 is 1.24 bits per heavy atom. The van der Waals surface area contributed by atoms with E-state index in [-0.39, 0.29) is 23.5 Å². The molecule has 0 aromatic carbocycles. The fourth-order valence-electron chi connectivity index (χ4n) is 2.99. The molecule has 0 aromatic rings. The average Bonchev–Trinajstić information content (AvgIpc) is 2.79. The maximum Gasteiger partial charge on any atom is 0.317 e. The number of carbonyl (C=O) groups excluding carboxylic acids is 2. The van der Waals surface area contributed by atoms with E-state index in [9.17, 15) is 9.59 Å². The molecule has 120 valence electrons. The molecule has 0 spiro atoms. The molecule has 6 heteroatoms. The maximum atomic E-state index is 12.3. The number of likely N-dealkylation sites (tertiary alicyclic amines) is 1. The molecule has 0 saturated carbocycles. The van der Waals surface area contributed by atoms with E-state index in [0.717, 1.165) is 32.7 Å². The van der Waals surface area contributed by atoms with E-state index in [0.29, 0.717) is 13.0 Å². The van der Waals surface area contributed by atoms with Gasteiger partial charge in [0.1, 0.15) is 0 Å². The van der Waals surface area contributed by atoms with E-state index < -0.39 is 0 Å². The first-order valence-corrected chi connectivity index (χ1v) is 7.89. The number of urea groups is 1. The maximum absolute atomic E-state index is 12.3. The van der Waals surface area contributed by atoms with Crippen molar-refractivity contribution in [1.82, 2.24) is 20.0 Å². The SMILES string of the molecule is CCN1CCN(C(=O)NC2CC(=O)N(C(C)(C)C)C2)CC1. The summed E-state index contributed by atoms with van der Waals surface area (Å²) in [4.78, 5) is 30.4. The van der Waals surface area contributed by atoms with E-state index in [2.05, 4.69) is 17.1 Å². The molecular weight excluding hydrogens is 268 g/mol. The van der Waals surface area contributed by atoms with Crippen molar-refractivity contribution >= 4 is 11.9 Å². The molecule has 2 aliphatic rings. The van der Waals surface area contributed by atoms with Crippen LogP contribution in [0.4, 0.5) is 4.79 Å². The average molecular weight is 296 g/mol. The smallest absolute Gasteiger partial charge is 0.317 e. The summed E-state index contributed by atoms with van der Waals surface area (Å²) in [6.07, 6.45) is 0.415. The summed E-state index contributed by atoms with van der Waals surface area (Å²) in [5.74, 6) is 0.128. The van der Waals surface area contributed by atoms with Crippen LogP contribution in [-0.2, 0) is 4.79 Å². The summed E-state index contributed by atoms with van der Waals surface area (Å²) in [5.41, 5.74) is -0.177. The normalized spacial score (nSPS) is 24.6. The molecule has 21 heavy (non-hydrogen) atoms. The van der Waals surface area contributed by atoms with Gasteiger partial charge in [0.05, 0.1) is 6.04 Å². The van der Waals surface area contributed by atoms with Crippen molar-refractivity contribution in [1.29, 1.82) is 0 Å². The van der Waals surface area contributed by atoms with Gasteiger partial charge in [0, 0.05) is 44.7 Å². The molecule has 2 aliphatic heterocycles. The first-order valence-electron chi connectivity index (χ1n) is 7.89. The summed E-state index contributed by atoms with van der Waals surface area (Å²) in [7, 11) is 0. The molecule has 2 fully saturated rings. The van der Waals surface area contributed by atoms with E-state index in [4.69, 9.17) is 0 Å². The highest BCUT2D eigenvalue weighted by Gasteiger charge is 2.37. The molecule has 2 saturated heterocycles. The van der Waals surface area contributed by atoms with Crippen molar-refractivity contribution in [3.05, 3.63) is 0 Å². The molecule has 6 nitrogen and oxygen atoms in total. The Morgan fingerprint density at radius 2 is 1.86 bits per heavy atom. The lowest BCUT2D eigenvalue weighted by Crippen LogP contribution is -2.54. The zero-order chi connectivity index (χ0) is 15.6. The van der Waals surface area contributed by atoms with Crippen LogP contribution in [0.1, 0.15) is 34.1 Å². The Hall–Kier alpha value is -1.30. The molecule has 0 aromatic heterocycles. The third-order valence-electron chi connectivity index (χ3n) is 4.37. The first-order chi connectivity index (χ1) is 9.81. The fraction of sp³-hybridized carbons (Fsp3) is 0.867. The summed E-state index contributed by atoms with van der Waals surface area (Å²) >= 11 is 0. The number of nitrogens with zero attached hydrogens (tertiary/aromatic N) is 3. The monoisotopic (exact) mass is 296 g/mol. The van der Waals surface area contributed by atoms with Crippen molar-refractivity contribution in [2.75, 3.05) is 39.3 Å². The fourth-order valence-corrected chi connectivity index (χ4v) is 2.99. The number of rotatable bonds is 2. The zero-order valence-electron chi connectivity index (χ0n) is 13.7. The molecule has 0 radical (unpaired) electrons. The van der Waals surface area contributed by atoms with Gasteiger partial charge in [-0.15, -0.1) is 0 Å². The standard InChI is InChI=1S/C15H28N4O2/c1-5-17-6-8-18(9-7-17)14(21)16-12-10-13(20)19(11-12)15(2,3)4/h12H,5-11H2,1-4H3,(H,16,21). The minimum Gasteiger partial charge on any atom is -0.336 e. The summed E-state index contributed by atoms with van der Waals surface area (Å²) in [6, 6.07) is -0.0901. The topological polar surface area (TPSA) is 55.9 Å². The van der Waals surface area contributed by atoms with E-state index in [1.165, 1.54) is 0 Å². The zero-order valence-corrected chi connectivity index (χ0v) is 13.7. The van der Waals surface area contributed by atoms with E-state index in [1.54, 1.807) is 0 Å². The second-order valence-electron chi connectivity index (χ2n) is 6.95. The highest BCUT2D eigenvalue weighted by atomic mass is 16.2. The van der Waals surface area contributed by atoms with Gasteiger partial charge in [0.25, 0.3) is 0 Å². The molecule has 3 amide bonds. The van der Waals surface area contributed by atoms with Crippen LogP contribution in [0, 0.1) is 0 Å². The van der Waals surface area contributed by atoms with Crippen LogP contribution in [0.25, 0.3) is 0 Å². The van der Waals surface area contributed by atoms with Gasteiger partial charge in [-0.25, -0.2) is 4.79 Å². The van der Waals surface area contributed by atoms with Crippen molar-refractivity contribution in [2.45, 2.75) is 45.7 Å². The van der Waals surface area contributed by atoms with Gasteiger partial charge in [0.15, 0.2) is 0 Å². The van der Waals surface area contributed by atoms with Crippen molar-refractivity contribution in [2.24, 2.45) is 0 Å². The molecule has 0 aliphatic carbocycles. The second-order valence-corrected chi connectivity index (χ2v) is 6.95. The number of carbonyl (C=O) groups is 2. The lowest BCUT2D eigenvalue weighted by atomic mass is 10.1. The Balaban J connectivity index is 1.83. The number of amides is 3. The number of nitrogens with one attached hydrogen (secondary N) is 1. The second kappa shape index (κ2) is 6.22. The quantitative estimate of drug-likeness (QED) is 0.817. The third kappa shape index (κ3) is 3.87. The molecule has 1 atom stereocenters. The summed E-state index contributed by atoms with van der Waals surface area (Å²) in [6.45, 7) is 13.3. The van der Waals surface area contributed by atoms with Crippen molar-refractivity contribution in [3.63, 3.8) is 0 Å². The van der Waals surface area contributed by atoms with Gasteiger partial charge >= 0.3 is 6.03 Å². The minimum absolute atomic E-state index is 0.0284. The minimum atomic E-state index is -0.177. The Kier molecular flexibility index (Phi) is 4.76. The first kappa shape index (κ1) is 16.1. The van der Waals surface area contributed by atoms with Crippen LogP contribution in [-0.4, -0.2) is 77.5 Å². The highest BCUT2D eigenvalue weighted by Crippen LogP contribution is 2.22. The van der Waals surface area contributed by atoms with Gasteiger partial charge in [-0.05, 0) is 27.3 Å². The highest BCUT2D eigenvalue weighted by molar-refractivity contribution is 5.82. The van der Waals surface area contributed by atoms with E-state index >= 15 is 0 Å².